The molecule has 0 fully saturated rings. The van der Waals surface area contributed by atoms with Crippen LogP contribution in [-0.2, 0) is 0 Å². The topological polar surface area (TPSA) is 26.3 Å². The number of hydrogen-bond donors (Lipinski definition) is 0. The van der Waals surface area contributed by atoms with Gasteiger partial charge in [-0.3, -0.25) is 4.79 Å². The van der Waals surface area contributed by atoms with Gasteiger partial charge >= 0.3 is 0 Å². The van der Waals surface area contributed by atoms with Crippen LogP contribution in [0.2, 0.25) is 0 Å². The molecule has 0 saturated carbocycles. The summed E-state index contributed by atoms with van der Waals surface area (Å²) >= 11 is 0. The number of ketones is 1. The van der Waals surface area contributed by atoms with E-state index in [4.69, 9.17) is 4.74 Å². The number of carbonyl (C=O) groups excluding carboxylic acids is 1. The Bertz CT molecular complexity index is 833. The third kappa shape index (κ3) is 2.77. The minimum Gasteiger partial charge on any atom is -0.496 e. The van der Waals surface area contributed by atoms with Gasteiger partial charge in [0.25, 0.3) is 0 Å². The predicted octanol–water partition coefficient (Wildman–Crippen LogP) is 4.74. The van der Waals surface area contributed by atoms with Crippen LogP contribution < -0.4 is 4.74 Å². The predicted molar refractivity (Wildman–Crippen MR) is 90.3 cm³/mol. The van der Waals surface area contributed by atoms with Crippen LogP contribution in [0.25, 0.3) is 16.8 Å². The highest BCUT2D eigenvalue weighted by Gasteiger charge is 2.13. The van der Waals surface area contributed by atoms with E-state index in [0.717, 1.165) is 16.3 Å². The van der Waals surface area contributed by atoms with Crippen molar-refractivity contribution in [3.63, 3.8) is 0 Å². The van der Waals surface area contributed by atoms with Gasteiger partial charge in [-0.2, -0.15) is 0 Å². The summed E-state index contributed by atoms with van der Waals surface area (Å²) in [4.78, 5) is 12.6. The summed E-state index contributed by atoms with van der Waals surface area (Å²) in [5, 5.41) is 1.93. The van der Waals surface area contributed by atoms with Gasteiger partial charge in [0, 0.05) is 0 Å². The van der Waals surface area contributed by atoms with E-state index in [1.165, 1.54) is 0 Å². The Labute approximate surface area is 129 Å². The first-order valence-corrected chi connectivity index (χ1v) is 7.13. The first-order chi connectivity index (χ1) is 10.8. The lowest BCUT2D eigenvalue weighted by Crippen LogP contribution is -2.00. The van der Waals surface area contributed by atoms with Crippen LogP contribution in [0.1, 0.15) is 15.9 Å². The van der Waals surface area contributed by atoms with Gasteiger partial charge in [0.05, 0.1) is 12.7 Å². The molecule has 0 N–H and O–H groups in total. The molecule has 0 aliphatic rings. The molecular formula is C20H16O2. The number of hydrogen-bond acceptors (Lipinski definition) is 2. The van der Waals surface area contributed by atoms with E-state index in [1.807, 2.05) is 72.8 Å². The fourth-order valence-corrected chi connectivity index (χ4v) is 2.50. The van der Waals surface area contributed by atoms with Crippen LogP contribution in [0.15, 0.2) is 72.8 Å². The average Bonchev–Trinajstić information content (AvgIpc) is 2.59. The van der Waals surface area contributed by atoms with E-state index < -0.39 is 0 Å². The third-order valence-electron chi connectivity index (χ3n) is 3.58. The molecule has 0 amide bonds. The van der Waals surface area contributed by atoms with Crippen molar-refractivity contribution in [3.05, 3.63) is 83.9 Å². The number of carbonyl (C=O) groups is 1. The smallest absolute Gasteiger partial charge is 0.190 e. The van der Waals surface area contributed by atoms with Crippen LogP contribution in [0.3, 0.4) is 0 Å². The number of methoxy groups -OCH3 is 1. The van der Waals surface area contributed by atoms with E-state index in [2.05, 4.69) is 0 Å². The summed E-state index contributed by atoms with van der Waals surface area (Å²) in [6.45, 7) is 0. The minimum atomic E-state index is -0.0579. The molecule has 0 aliphatic heterocycles. The maximum absolute atomic E-state index is 12.6. The molecule has 0 bridgehead atoms. The summed E-state index contributed by atoms with van der Waals surface area (Å²) in [6.07, 6.45) is 3.42. The number of benzene rings is 3. The monoisotopic (exact) mass is 288 g/mol. The lowest BCUT2D eigenvalue weighted by molar-refractivity contribution is 0.104. The molecule has 0 aliphatic carbocycles. The zero-order valence-electron chi connectivity index (χ0n) is 12.3. The van der Waals surface area contributed by atoms with Crippen molar-refractivity contribution in [2.24, 2.45) is 0 Å². The molecule has 0 atom stereocenters. The van der Waals surface area contributed by atoms with Crippen molar-refractivity contribution < 1.29 is 9.53 Å². The van der Waals surface area contributed by atoms with Crippen molar-refractivity contribution in [1.82, 2.24) is 0 Å². The number of ether oxygens (including phenoxy) is 1. The third-order valence-corrected chi connectivity index (χ3v) is 3.58. The molecule has 2 heteroatoms. The Balaban J connectivity index is 2.05. The molecule has 0 heterocycles. The highest BCUT2D eigenvalue weighted by Crippen LogP contribution is 2.28. The van der Waals surface area contributed by atoms with E-state index in [1.54, 1.807) is 13.2 Å². The van der Waals surface area contributed by atoms with Gasteiger partial charge in [-0.05, 0) is 28.5 Å². The quantitative estimate of drug-likeness (QED) is 0.512. The molecule has 3 aromatic rings. The lowest BCUT2D eigenvalue weighted by atomic mass is 9.99. The van der Waals surface area contributed by atoms with Gasteiger partial charge in [-0.25, -0.2) is 0 Å². The van der Waals surface area contributed by atoms with Gasteiger partial charge in [0.2, 0.25) is 0 Å². The Hall–Kier alpha value is -2.87. The summed E-state index contributed by atoms with van der Waals surface area (Å²) in [7, 11) is 1.59. The van der Waals surface area contributed by atoms with Crippen LogP contribution in [0.5, 0.6) is 5.75 Å². The normalized spacial score (nSPS) is 11.0. The maximum Gasteiger partial charge on any atom is 0.190 e. The van der Waals surface area contributed by atoms with Crippen LogP contribution >= 0.6 is 0 Å². The van der Waals surface area contributed by atoms with Gasteiger partial charge in [-0.1, -0.05) is 66.7 Å². The summed E-state index contributed by atoms with van der Waals surface area (Å²) in [6, 6.07) is 21.4. The Kier molecular flexibility index (Phi) is 4.01. The van der Waals surface area contributed by atoms with Gasteiger partial charge < -0.3 is 4.74 Å². The molecule has 0 aromatic heterocycles. The van der Waals surface area contributed by atoms with Crippen molar-refractivity contribution in [1.29, 1.82) is 0 Å². The summed E-state index contributed by atoms with van der Waals surface area (Å²) in [5.41, 5.74) is 1.60. The summed E-state index contributed by atoms with van der Waals surface area (Å²) < 4.78 is 5.37. The van der Waals surface area contributed by atoms with Gasteiger partial charge in [0.1, 0.15) is 5.75 Å². The van der Waals surface area contributed by atoms with Crippen molar-refractivity contribution in [3.8, 4) is 5.75 Å². The molecule has 2 nitrogen and oxygen atoms in total. The minimum absolute atomic E-state index is 0.0579. The van der Waals surface area contributed by atoms with Crippen molar-refractivity contribution >= 4 is 22.6 Å². The average molecular weight is 288 g/mol. The molecule has 108 valence electrons. The highest BCUT2D eigenvalue weighted by molar-refractivity contribution is 6.16. The fourth-order valence-electron chi connectivity index (χ4n) is 2.50. The summed E-state index contributed by atoms with van der Waals surface area (Å²) in [5.74, 6) is 0.541. The van der Waals surface area contributed by atoms with Crippen LogP contribution in [0.4, 0.5) is 0 Å². The van der Waals surface area contributed by atoms with E-state index in [9.17, 15) is 4.79 Å². The second-order valence-corrected chi connectivity index (χ2v) is 4.97. The fraction of sp³-hybridized carbons (Fsp3) is 0.0500. The Morgan fingerprint density at radius 2 is 1.64 bits per heavy atom. The number of fused-ring (bicyclic) bond motifs is 1. The molecule has 0 spiro atoms. The standard InChI is InChI=1S/C20H16O2/c1-22-19-14-12-16-9-5-6-10-17(16)20(19)18(21)13-11-15-7-3-2-4-8-15/h2-14H,1H3/b13-11-. The van der Waals surface area contributed by atoms with E-state index >= 15 is 0 Å². The van der Waals surface area contributed by atoms with Gasteiger partial charge in [0.15, 0.2) is 5.78 Å². The molecular weight excluding hydrogens is 272 g/mol. The SMILES string of the molecule is COc1ccc2ccccc2c1C(=O)/C=C\c1ccccc1. The first-order valence-electron chi connectivity index (χ1n) is 7.13. The van der Waals surface area contributed by atoms with Crippen LogP contribution in [-0.4, -0.2) is 12.9 Å². The van der Waals surface area contributed by atoms with Crippen LogP contribution in [0, 0.1) is 0 Å². The van der Waals surface area contributed by atoms with Crippen molar-refractivity contribution in [2.75, 3.05) is 7.11 Å². The molecule has 3 aromatic carbocycles. The molecule has 0 unspecified atom stereocenters. The number of allylic oxidation sites excluding steroid dienone is 1. The highest BCUT2D eigenvalue weighted by atomic mass is 16.5. The Morgan fingerprint density at radius 1 is 0.909 bits per heavy atom. The maximum atomic E-state index is 12.6. The van der Waals surface area contributed by atoms with E-state index in [0.29, 0.717) is 11.3 Å². The largest absolute Gasteiger partial charge is 0.496 e. The molecule has 0 saturated heterocycles. The number of rotatable bonds is 4. The van der Waals surface area contributed by atoms with Gasteiger partial charge in [-0.15, -0.1) is 0 Å². The lowest BCUT2D eigenvalue weighted by Gasteiger charge is -2.09. The zero-order valence-corrected chi connectivity index (χ0v) is 12.3. The second-order valence-electron chi connectivity index (χ2n) is 4.97. The molecule has 22 heavy (non-hydrogen) atoms. The molecule has 3 rings (SSSR count). The first kappa shape index (κ1) is 14.1. The van der Waals surface area contributed by atoms with E-state index in [-0.39, 0.29) is 5.78 Å². The Morgan fingerprint density at radius 3 is 2.41 bits per heavy atom. The molecule has 0 radical (unpaired) electrons. The second kappa shape index (κ2) is 6.27. The van der Waals surface area contributed by atoms with Crippen molar-refractivity contribution in [2.45, 2.75) is 0 Å². The zero-order chi connectivity index (χ0) is 15.4.